The van der Waals surface area contributed by atoms with Gasteiger partial charge in [-0.1, -0.05) is 38.1 Å². The number of hydrogen-bond donors (Lipinski definition) is 1. The van der Waals surface area contributed by atoms with E-state index in [1.165, 1.54) is 12.1 Å². The fourth-order valence-electron chi connectivity index (χ4n) is 1.87. The molecule has 0 saturated heterocycles. The Morgan fingerprint density at radius 2 is 1.75 bits per heavy atom. The van der Waals surface area contributed by atoms with E-state index in [2.05, 4.69) is 10.1 Å². The minimum absolute atomic E-state index is 0.211. The minimum Gasteiger partial charge on any atom is -0.339 e. The molecule has 2 rings (SSSR count). The largest absolute Gasteiger partial charge is 0.339 e. The maximum absolute atomic E-state index is 12.9. The van der Waals surface area contributed by atoms with Gasteiger partial charge in [0.2, 0.25) is 5.89 Å². The molecule has 2 N–H and O–H groups in total. The fourth-order valence-corrected chi connectivity index (χ4v) is 1.87. The van der Waals surface area contributed by atoms with Gasteiger partial charge in [0, 0.05) is 5.41 Å². The lowest BCUT2D eigenvalue weighted by atomic mass is 9.92. The van der Waals surface area contributed by atoms with Crippen molar-refractivity contribution in [2.75, 3.05) is 0 Å². The quantitative estimate of drug-likeness (QED) is 0.936. The first-order chi connectivity index (χ1) is 9.18. The number of rotatable bonds is 3. The first-order valence-corrected chi connectivity index (χ1v) is 6.56. The normalized spacial score (nSPS) is 15.1. The molecule has 5 heteroatoms. The van der Waals surface area contributed by atoms with Crippen LogP contribution >= 0.6 is 0 Å². The van der Waals surface area contributed by atoms with E-state index in [9.17, 15) is 4.39 Å². The lowest BCUT2D eigenvalue weighted by Gasteiger charge is -2.20. The Hall–Kier alpha value is -1.75. The highest BCUT2D eigenvalue weighted by atomic mass is 19.1. The minimum atomic E-state index is -0.759. The van der Waals surface area contributed by atoms with Crippen molar-refractivity contribution in [3.05, 3.63) is 47.4 Å². The van der Waals surface area contributed by atoms with Gasteiger partial charge in [-0.05, 0) is 31.0 Å². The molecule has 20 heavy (non-hydrogen) atoms. The van der Waals surface area contributed by atoms with Gasteiger partial charge in [0.25, 0.3) is 0 Å². The Kier molecular flexibility index (Phi) is 3.65. The van der Waals surface area contributed by atoms with Crippen LogP contribution in [-0.2, 0) is 17.4 Å². The topological polar surface area (TPSA) is 64.9 Å². The number of hydrogen-bond acceptors (Lipinski definition) is 4. The number of benzene rings is 1. The standard InChI is InChI=1S/C15H20FN3O/c1-14(2,3)13-18-12(19-20-13)15(4,17)9-10-5-7-11(16)8-6-10/h5-8H,9,17H2,1-4H3. The zero-order valence-electron chi connectivity index (χ0n) is 12.3. The summed E-state index contributed by atoms with van der Waals surface area (Å²) in [4.78, 5) is 4.39. The summed E-state index contributed by atoms with van der Waals surface area (Å²) in [5.74, 6) is 0.761. The van der Waals surface area contributed by atoms with Crippen LogP contribution in [0.25, 0.3) is 0 Å². The number of nitrogens with two attached hydrogens (primary N) is 1. The van der Waals surface area contributed by atoms with Gasteiger partial charge >= 0.3 is 0 Å². The third kappa shape index (κ3) is 3.22. The van der Waals surface area contributed by atoms with E-state index in [0.29, 0.717) is 18.1 Å². The lowest BCUT2D eigenvalue weighted by molar-refractivity contribution is 0.311. The highest BCUT2D eigenvalue weighted by molar-refractivity contribution is 5.20. The smallest absolute Gasteiger partial charge is 0.232 e. The second-order valence-corrected chi connectivity index (χ2v) is 6.39. The van der Waals surface area contributed by atoms with E-state index in [-0.39, 0.29) is 11.2 Å². The highest BCUT2D eigenvalue weighted by Crippen LogP contribution is 2.25. The lowest BCUT2D eigenvalue weighted by Crippen LogP contribution is -2.37. The molecule has 0 saturated carbocycles. The van der Waals surface area contributed by atoms with Crippen molar-refractivity contribution >= 4 is 0 Å². The van der Waals surface area contributed by atoms with Crippen LogP contribution in [0.3, 0.4) is 0 Å². The van der Waals surface area contributed by atoms with Gasteiger partial charge in [-0.15, -0.1) is 0 Å². The summed E-state index contributed by atoms with van der Waals surface area (Å²) in [7, 11) is 0. The van der Waals surface area contributed by atoms with E-state index in [1.807, 2.05) is 27.7 Å². The van der Waals surface area contributed by atoms with Crippen molar-refractivity contribution in [3.63, 3.8) is 0 Å². The van der Waals surface area contributed by atoms with Crippen LogP contribution in [0.2, 0.25) is 0 Å². The molecule has 0 radical (unpaired) electrons. The second kappa shape index (κ2) is 4.98. The first-order valence-electron chi connectivity index (χ1n) is 6.56. The Labute approximate surface area is 118 Å². The Bertz CT molecular complexity index is 582. The molecule has 0 aliphatic carbocycles. The average Bonchev–Trinajstić information content (AvgIpc) is 2.82. The first kappa shape index (κ1) is 14.7. The summed E-state index contributed by atoms with van der Waals surface area (Å²) < 4.78 is 18.2. The van der Waals surface area contributed by atoms with E-state index >= 15 is 0 Å². The molecular weight excluding hydrogens is 257 g/mol. The third-order valence-corrected chi connectivity index (χ3v) is 3.06. The Morgan fingerprint density at radius 1 is 1.15 bits per heavy atom. The van der Waals surface area contributed by atoms with Crippen molar-refractivity contribution < 1.29 is 8.91 Å². The molecule has 1 aromatic carbocycles. The monoisotopic (exact) mass is 277 g/mol. The highest BCUT2D eigenvalue weighted by Gasteiger charge is 2.30. The van der Waals surface area contributed by atoms with Crippen molar-refractivity contribution in [3.8, 4) is 0 Å². The van der Waals surface area contributed by atoms with Gasteiger partial charge in [-0.2, -0.15) is 4.98 Å². The average molecular weight is 277 g/mol. The maximum atomic E-state index is 12.9. The molecular formula is C15H20FN3O. The molecule has 1 unspecified atom stereocenters. The molecule has 2 aromatic rings. The van der Waals surface area contributed by atoms with Crippen LogP contribution in [0.4, 0.5) is 4.39 Å². The molecule has 1 heterocycles. The van der Waals surface area contributed by atoms with Crippen LogP contribution in [0.5, 0.6) is 0 Å². The predicted molar refractivity (Wildman–Crippen MR) is 74.6 cm³/mol. The summed E-state index contributed by atoms with van der Waals surface area (Å²) >= 11 is 0. The van der Waals surface area contributed by atoms with Crippen molar-refractivity contribution in [1.82, 2.24) is 10.1 Å². The molecule has 1 aromatic heterocycles. The van der Waals surface area contributed by atoms with E-state index in [1.54, 1.807) is 12.1 Å². The molecule has 108 valence electrons. The number of aromatic nitrogens is 2. The van der Waals surface area contributed by atoms with E-state index in [0.717, 1.165) is 5.56 Å². The molecule has 0 fully saturated rings. The van der Waals surface area contributed by atoms with Gasteiger partial charge in [-0.3, -0.25) is 0 Å². The van der Waals surface area contributed by atoms with Crippen LogP contribution in [-0.4, -0.2) is 10.1 Å². The SMILES string of the molecule is CC(C)(C)c1nc(C(C)(N)Cc2ccc(F)cc2)no1. The molecule has 0 bridgehead atoms. The van der Waals surface area contributed by atoms with Crippen LogP contribution < -0.4 is 5.73 Å². The van der Waals surface area contributed by atoms with E-state index < -0.39 is 5.54 Å². The maximum Gasteiger partial charge on any atom is 0.232 e. The molecule has 0 aliphatic heterocycles. The van der Waals surface area contributed by atoms with Gasteiger partial charge in [-0.25, -0.2) is 4.39 Å². The summed E-state index contributed by atoms with van der Waals surface area (Å²) in [5, 5.41) is 3.98. The summed E-state index contributed by atoms with van der Waals surface area (Å²) in [6.07, 6.45) is 0.510. The second-order valence-electron chi connectivity index (χ2n) is 6.39. The molecule has 0 spiro atoms. The zero-order chi connectivity index (χ0) is 15.0. The van der Waals surface area contributed by atoms with Gasteiger partial charge in [0.15, 0.2) is 5.82 Å². The number of nitrogens with zero attached hydrogens (tertiary/aromatic N) is 2. The molecule has 1 atom stereocenters. The van der Waals surface area contributed by atoms with Gasteiger partial charge in [0.05, 0.1) is 5.54 Å². The van der Waals surface area contributed by atoms with Gasteiger partial charge < -0.3 is 10.3 Å². The van der Waals surface area contributed by atoms with Crippen LogP contribution in [0, 0.1) is 5.82 Å². The summed E-state index contributed by atoms with van der Waals surface area (Å²) in [6.45, 7) is 7.84. The third-order valence-electron chi connectivity index (χ3n) is 3.06. The van der Waals surface area contributed by atoms with Gasteiger partial charge in [0.1, 0.15) is 5.82 Å². The Balaban J connectivity index is 2.21. The Morgan fingerprint density at radius 3 is 2.25 bits per heavy atom. The van der Waals surface area contributed by atoms with Crippen LogP contribution in [0.15, 0.2) is 28.8 Å². The molecule has 0 aliphatic rings. The number of halogens is 1. The summed E-state index contributed by atoms with van der Waals surface area (Å²) in [5.41, 5.74) is 6.24. The van der Waals surface area contributed by atoms with Crippen molar-refractivity contribution in [2.45, 2.75) is 45.1 Å². The van der Waals surface area contributed by atoms with Crippen molar-refractivity contribution in [1.29, 1.82) is 0 Å². The molecule has 0 amide bonds. The fraction of sp³-hybridized carbons (Fsp3) is 0.467. The molecule has 4 nitrogen and oxygen atoms in total. The van der Waals surface area contributed by atoms with E-state index in [4.69, 9.17) is 10.3 Å². The summed E-state index contributed by atoms with van der Waals surface area (Å²) in [6, 6.07) is 6.26. The van der Waals surface area contributed by atoms with Crippen molar-refractivity contribution in [2.24, 2.45) is 5.73 Å². The predicted octanol–water partition coefficient (Wildman–Crippen LogP) is 2.92. The van der Waals surface area contributed by atoms with Crippen LogP contribution in [0.1, 0.15) is 45.0 Å². The zero-order valence-corrected chi connectivity index (χ0v) is 12.3.